The molecule has 0 atom stereocenters. The Labute approximate surface area is 139 Å². The first-order valence-electron chi connectivity index (χ1n) is 8.29. The van der Waals surface area contributed by atoms with Crippen LogP contribution in [0, 0.1) is 0 Å². The van der Waals surface area contributed by atoms with Gasteiger partial charge in [0.2, 0.25) is 0 Å². The number of carbonyl (C=O) groups is 1. The van der Waals surface area contributed by atoms with Gasteiger partial charge in [0.25, 0.3) is 0 Å². The highest BCUT2D eigenvalue weighted by molar-refractivity contribution is 5.67. The van der Waals surface area contributed by atoms with Crippen LogP contribution in [-0.4, -0.2) is 38.3 Å². The third-order valence-corrected chi connectivity index (χ3v) is 3.66. The van der Waals surface area contributed by atoms with Crippen LogP contribution in [0.4, 0.5) is 4.79 Å². The molecule has 0 fully saturated rings. The van der Waals surface area contributed by atoms with Crippen LogP contribution < -0.4 is 9.47 Å². The fourth-order valence-electron chi connectivity index (χ4n) is 2.29. The van der Waals surface area contributed by atoms with Crippen molar-refractivity contribution in [1.29, 1.82) is 0 Å². The molecule has 0 aliphatic heterocycles. The molecule has 23 heavy (non-hydrogen) atoms. The highest BCUT2D eigenvalue weighted by Crippen LogP contribution is 2.31. The molecule has 1 aromatic carbocycles. The van der Waals surface area contributed by atoms with Crippen molar-refractivity contribution in [1.82, 2.24) is 4.90 Å². The fraction of sp³-hybridized carbons (Fsp3) is 0.611. The minimum absolute atomic E-state index is 0.175. The molecule has 5 heteroatoms. The van der Waals surface area contributed by atoms with E-state index in [2.05, 4.69) is 13.8 Å². The van der Waals surface area contributed by atoms with Gasteiger partial charge in [0, 0.05) is 18.7 Å². The number of amides is 1. The number of carbonyl (C=O) groups excluding carboxylic acids is 1. The zero-order valence-corrected chi connectivity index (χ0v) is 14.8. The smallest absolute Gasteiger partial charge is 0.410 e. The average molecular weight is 323 g/mol. The molecular weight excluding hydrogens is 294 g/mol. The number of para-hydroxylation sites is 1. The highest BCUT2D eigenvalue weighted by atomic mass is 16.6. The molecular formula is C18H29NO4. The van der Waals surface area contributed by atoms with E-state index < -0.39 is 0 Å². The van der Waals surface area contributed by atoms with Crippen molar-refractivity contribution in [2.24, 2.45) is 0 Å². The predicted molar refractivity (Wildman–Crippen MR) is 91.1 cm³/mol. The first kappa shape index (κ1) is 19.1. The third-order valence-electron chi connectivity index (χ3n) is 3.66. The van der Waals surface area contributed by atoms with Crippen molar-refractivity contribution in [3.05, 3.63) is 23.8 Å². The molecule has 1 aromatic rings. The summed E-state index contributed by atoms with van der Waals surface area (Å²) in [4.78, 5) is 14.1. The van der Waals surface area contributed by atoms with E-state index in [0.29, 0.717) is 11.5 Å². The van der Waals surface area contributed by atoms with E-state index in [9.17, 15) is 4.79 Å². The van der Waals surface area contributed by atoms with Crippen LogP contribution in [0.25, 0.3) is 0 Å². The van der Waals surface area contributed by atoms with E-state index in [-0.39, 0.29) is 12.7 Å². The monoisotopic (exact) mass is 323 g/mol. The number of benzene rings is 1. The fourth-order valence-corrected chi connectivity index (χ4v) is 2.29. The number of rotatable bonds is 10. The largest absolute Gasteiger partial charge is 0.493 e. The van der Waals surface area contributed by atoms with Crippen LogP contribution in [0.1, 0.15) is 45.1 Å². The second-order valence-corrected chi connectivity index (χ2v) is 5.40. The maximum Gasteiger partial charge on any atom is 0.410 e. The number of ether oxygens (including phenoxy) is 3. The zero-order valence-electron chi connectivity index (χ0n) is 14.8. The van der Waals surface area contributed by atoms with Crippen LogP contribution in [0.3, 0.4) is 0 Å². The maximum atomic E-state index is 12.3. The van der Waals surface area contributed by atoms with Gasteiger partial charge in [0.15, 0.2) is 11.5 Å². The van der Waals surface area contributed by atoms with E-state index in [1.54, 1.807) is 19.1 Å². The van der Waals surface area contributed by atoms with Gasteiger partial charge in [-0.25, -0.2) is 4.79 Å². The van der Waals surface area contributed by atoms with E-state index in [4.69, 9.17) is 14.2 Å². The number of unbranched alkanes of at least 4 members (excludes halogenated alkanes) is 2. The van der Waals surface area contributed by atoms with Crippen molar-refractivity contribution in [2.45, 2.75) is 46.1 Å². The Bertz CT molecular complexity index is 468. The Hall–Kier alpha value is -1.91. The molecule has 0 radical (unpaired) electrons. The second-order valence-electron chi connectivity index (χ2n) is 5.40. The van der Waals surface area contributed by atoms with Gasteiger partial charge < -0.3 is 19.1 Å². The Morgan fingerprint density at radius 2 is 1.70 bits per heavy atom. The summed E-state index contributed by atoms with van der Waals surface area (Å²) in [7, 11) is 3.17. The standard InChI is InChI=1S/C18H29NO4/c1-5-7-12-19(13-8-6-2)18(20)23-14-15-10-9-11-16(21-3)17(15)22-4/h9-11H,5-8,12-14H2,1-4H3. The lowest BCUT2D eigenvalue weighted by Crippen LogP contribution is -2.33. The van der Waals surface area contributed by atoms with Crippen LogP contribution >= 0.6 is 0 Å². The topological polar surface area (TPSA) is 48.0 Å². The molecule has 0 aliphatic carbocycles. The summed E-state index contributed by atoms with van der Waals surface area (Å²) >= 11 is 0. The molecule has 0 N–H and O–H groups in total. The summed E-state index contributed by atoms with van der Waals surface area (Å²) < 4.78 is 16.1. The van der Waals surface area contributed by atoms with Gasteiger partial charge in [0.1, 0.15) is 6.61 Å². The molecule has 0 aromatic heterocycles. The second kappa shape index (κ2) is 10.8. The average Bonchev–Trinajstić information content (AvgIpc) is 2.59. The van der Waals surface area contributed by atoms with Gasteiger partial charge >= 0.3 is 6.09 Å². The van der Waals surface area contributed by atoms with Crippen molar-refractivity contribution < 1.29 is 19.0 Å². The first-order valence-corrected chi connectivity index (χ1v) is 8.29. The number of hydrogen-bond acceptors (Lipinski definition) is 4. The summed E-state index contributed by atoms with van der Waals surface area (Å²) in [6, 6.07) is 5.55. The molecule has 0 unspecified atom stereocenters. The summed E-state index contributed by atoms with van der Waals surface area (Å²) in [5.41, 5.74) is 0.797. The Kier molecular flexibility index (Phi) is 8.95. The van der Waals surface area contributed by atoms with Gasteiger partial charge in [-0.15, -0.1) is 0 Å². The molecule has 5 nitrogen and oxygen atoms in total. The Balaban J connectivity index is 2.69. The molecule has 0 saturated carbocycles. The zero-order chi connectivity index (χ0) is 17.1. The van der Waals surface area contributed by atoms with Crippen LogP contribution in [0.2, 0.25) is 0 Å². The molecule has 1 rings (SSSR count). The number of hydrogen-bond donors (Lipinski definition) is 0. The van der Waals surface area contributed by atoms with Crippen LogP contribution in [0.5, 0.6) is 11.5 Å². The summed E-state index contributed by atoms with van der Waals surface area (Å²) in [6.45, 7) is 5.89. The van der Waals surface area contributed by atoms with Crippen LogP contribution in [-0.2, 0) is 11.3 Å². The minimum atomic E-state index is -0.267. The SMILES string of the molecule is CCCCN(CCCC)C(=O)OCc1cccc(OC)c1OC. The van der Waals surface area contributed by atoms with E-state index >= 15 is 0 Å². The third kappa shape index (κ3) is 6.00. The maximum absolute atomic E-state index is 12.3. The predicted octanol–water partition coefficient (Wildman–Crippen LogP) is 4.24. The van der Waals surface area contributed by atoms with Crippen LogP contribution in [0.15, 0.2) is 18.2 Å². The molecule has 1 amide bonds. The molecule has 0 saturated heterocycles. The van der Waals surface area contributed by atoms with Crippen molar-refractivity contribution in [2.75, 3.05) is 27.3 Å². The number of methoxy groups -OCH3 is 2. The van der Waals surface area contributed by atoms with Crippen molar-refractivity contribution >= 4 is 6.09 Å². The van der Waals surface area contributed by atoms with Gasteiger partial charge in [-0.1, -0.05) is 38.8 Å². The quantitative estimate of drug-likeness (QED) is 0.646. The van der Waals surface area contributed by atoms with Crippen molar-refractivity contribution in [3.63, 3.8) is 0 Å². The number of nitrogens with zero attached hydrogens (tertiary/aromatic N) is 1. The molecule has 0 spiro atoms. The Morgan fingerprint density at radius 3 is 2.22 bits per heavy atom. The molecule has 0 bridgehead atoms. The summed E-state index contributed by atoms with van der Waals surface area (Å²) in [6.07, 6.45) is 3.82. The molecule has 0 heterocycles. The lowest BCUT2D eigenvalue weighted by atomic mass is 10.2. The van der Waals surface area contributed by atoms with Gasteiger partial charge in [-0.05, 0) is 18.9 Å². The minimum Gasteiger partial charge on any atom is -0.493 e. The summed E-state index contributed by atoms with van der Waals surface area (Å²) in [5.74, 6) is 1.24. The lowest BCUT2D eigenvalue weighted by molar-refractivity contribution is 0.0943. The van der Waals surface area contributed by atoms with Crippen molar-refractivity contribution in [3.8, 4) is 11.5 Å². The molecule has 0 aliphatic rings. The normalized spacial score (nSPS) is 10.3. The van der Waals surface area contributed by atoms with Gasteiger partial charge in [-0.3, -0.25) is 0 Å². The lowest BCUT2D eigenvalue weighted by Gasteiger charge is -2.22. The van der Waals surface area contributed by atoms with E-state index in [0.717, 1.165) is 44.3 Å². The first-order chi connectivity index (χ1) is 11.2. The molecule has 130 valence electrons. The highest BCUT2D eigenvalue weighted by Gasteiger charge is 2.16. The van der Waals surface area contributed by atoms with E-state index in [1.165, 1.54) is 0 Å². The van der Waals surface area contributed by atoms with Gasteiger partial charge in [-0.2, -0.15) is 0 Å². The Morgan fingerprint density at radius 1 is 1.04 bits per heavy atom. The van der Waals surface area contributed by atoms with Gasteiger partial charge in [0.05, 0.1) is 14.2 Å². The summed E-state index contributed by atoms with van der Waals surface area (Å²) in [5, 5.41) is 0. The van der Waals surface area contributed by atoms with E-state index in [1.807, 2.05) is 18.2 Å².